The molecule has 0 aliphatic heterocycles. The molecule has 1 heteroatoms. The van der Waals surface area contributed by atoms with Gasteiger partial charge in [0.05, 0.1) is 0 Å². The van der Waals surface area contributed by atoms with Crippen LogP contribution in [0.4, 0.5) is 0 Å². The van der Waals surface area contributed by atoms with E-state index < -0.39 is 0 Å². The Morgan fingerprint density at radius 1 is 1.14 bits per heavy atom. The number of hydrogen-bond acceptors (Lipinski definition) is 1. The number of aryl methyl sites for hydroxylation is 1. The van der Waals surface area contributed by atoms with Crippen molar-refractivity contribution in [3.63, 3.8) is 0 Å². The molecule has 0 aromatic heterocycles. The molecule has 0 bridgehead atoms. The minimum absolute atomic E-state index is 0.959. The molecule has 0 aliphatic rings. The van der Waals surface area contributed by atoms with Gasteiger partial charge in [-0.1, -0.05) is 77.3 Å². The second-order valence-electron chi connectivity index (χ2n) is 4.22. The van der Waals surface area contributed by atoms with Gasteiger partial charge in [-0.15, -0.1) is 0 Å². The smallest absolute Gasteiger partial charge is 0.0419 e. The zero-order chi connectivity index (χ0) is 16.1. The highest BCUT2D eigenvalue weighted by atomic mass is 14.9. The van der Waals surface area contributed by atoms with E-state index in [-0.39, 0.29) is 0 Å². The number of nitrogens with one attached hydrogen (secondary N) is 1. The van der Waals surface area contributed by atoms with Gasteiger partial charge in [-0.25, -0.2) is 0 Å². The molecule has 1 rings (SSSR count). The molecule has 0 heterocycles. The molecule has 0 radical (unpaired) electrons. The molecular weight excluding hydrogens is 254 g/mol. The number of hydrogen-bond donors (Lipinski definition) is 1. The van der Waals surface area contributed by atoms with Crippen molar-refractivity contribution in [2.75, 3.05) is 0 Å². The molecule has 1 nitrogen and oxygen atoms in total. The first-order valence-corrected chi connectivity index (χ1v) is 7.77. The van der Waals surface area contributed by atoms with Gasteiger partial charge in [-0.2, -0.15) is 0 Å². The first-order chi connectivity index (χ1) is 10.3. The Morgan fingerprint density at radius 3 is 2.33 bits per heavy atom. The van der Waals surface area contributed by atoms with Crippen LogP contribution >= 0.6 is 0 Å². The van der Waals surface area contributed by atoms with Crippen LogP contribution < -0.4 is 5.32 Å². The number of rotatable bonds is 7. The van der Waals surface area contributed by atoms with Crippen molar-refractivity contribution in [3.8, 4) is 0 Å². The Kier molecular flexibility index (Phi) is 10.6. The first-order valence-electron chi connectivity index (χ1n) is 7.77. The van der Waals surface area contributed by atoms with Gasteiger partial charge in [-0.3, -0.25) is 0 Å². The van der Waals surface area contributed by atoms with Crippen molar-refractivity contribution >= 4 is 5.70 Å². The predicted octanol–water partition coefficient (Wildman–Crippen LogP) is 5.87. The molecule has 0 aliphatic carbocycles. The third-order valence-corrected chi connectivity index (χ3v) is 2.89. The van der Waals surface area contributed by atoms with Crippen LogP contribution in [0.3, 0.4) is 0 Å². The molecule has 0 amide bonds. The topological polar surface area (TPSA) is 12.0 Å². The summed E-state index contributed by atoms with van der Waals surface area (Å²) in [5, 5.41) is 3.43. The molecule has 1 aromatic carbocycles. The van der Waals surface area contributed by atoms with Crippen molar-refractivity contribution in [1.82, 2.24) is 5.32 Å². The second-order valence-corrected chi connectivity index (χ2v) is 4.22. The largest absolute Gasteiger partial charge is 0.355 e. The van der Waals surface area contributed by atoms with Crippen molar-refractivity contribution < 1.29 is 0 Å². The maximum Gasteiger partial charge on any atom is 0.0419 e. The third-order valence-electron chi connectivity index (χ3n) is 2.89. The Labute approximate surface area is 130 Å². The average molecular weight is 283 g/mol. The van der Waals surface area contributed by atoms with Crippen molar-refractivity contribution in [3.05, 3.63) is 78.6 Å². The maximum atomic E-state index is 3.82. The van der Waals surface area contributed by atoms with Gasteiger partial charge in [0.15, 0.2) is 0 Å². The molecule has 0 saturated heterocycles. The van der Waals surface area contributed by atoms with Gasteiger partial charge in [0.25, 0.3) is 0 Å². The normalized spacial score (nSPS) is 11.2. The van der Waals surface area contributed by atoms with E-state index in [1.807, 2.05) is 19.9 Å². The summed E-state index contributed by atoms with van der Waals surface area (Å²) in [7, 11) is 0. The van der Waals surface area contributed by atoms with E-state index in [2.05, 4.69) is 62.7 Å². The number of allylic oxidation sites excluding steroid dienone is 4. The minimum atomic E-state index is 0.959. The lowest BCUT2D eigenvalue weighted by molar-refractivity contribution is 1.07. The molecule has 0 atom stereocenters. The minimum Gasteiger partial charge on any atom is -0.355 e. The van der Waals surface area contributed by atoms with Crippen molar-refractivity contribution in [2.24, 2.45) is 0 Å². The predicted molar refractivity (Wildman–Crippen MR) is 97.0 cm³/mol. The molecular formula is C20H29N. The van der Waals surface area contributed by atoms with Crippen LogP contribution in [-0.2, 0) is 6.42 Å². The van der Waals surface area contributed by atoms with Gasteiger partial charge in [0.2, 0.25) is 0 Å². The summed E-state index contributed by atoms with van der Waals surface area (Å²) >= 11 is 0. The van der Waals surface area contributed by atoms with Gasteiger partial charge in [0, 0.05) is 17.0 Å². The SMILES string of the molecule is C=C/C=C(\C=C)N/C(=C/CC)c1ccccc1CC.CC. The summed E-state index contributed by atoms with van der Waals surface area (Å²) in [4.78, 5) is 0. The number of benzene rings is 1. The van der Waals surface area contributed by atoms with E-state index in [9.17, 15) is 0 Å². The monoisotopic (exact) mass is 283 g/mol. The molecule has 0 unspecified atom stereocenters. The van der Waals surface area contributed by atoms with Gasteiger partial charge < -0.3 is 5.32 Å². The molecule has 0 fully saturated rings. The van der Waals surface area contributed by atoms with Crippen LogP contribution in [-0.4, -0.2) is 0 Å². The van der Waals surface area contributed by atoms with Crippen molar-refractivity contribution in [2.45, 2.75) is 40.5 Å². The van der Waals surface area contributed by atoms with E-state index in [1.54, 1.807) is 12.2 Å². The lowest BCUT2D eigenvalue weighted by Gasteiger charge is -2.15. The summed E-state index contributed by atoms with van der Waals surface area (Å²) < 4.78 is 0. The van der Waals surface area contributed by atoms with Crippen LogP contribution in [0.1, 0.15) is 45.2 Å². The quantitative estimate of drug-likeness (QED) is 0.617. The van der Waals surface area contributed by atoms with Crippen LogP contribution in [0.2, 0.25) is 0 Å². The summed E-state index contributed by atoms with van der Waals surface area (Å²) in [6, 6.07) is 8.48. The second kappa shape index (κ2) is 11.8. The molecule has 21 heavy (non-hydrogen) atoms. The third kappa shape index (κ3) is 6.31. The van der Waals surface area contributed by atoms with Gasteiger partial charge in [-0.05, 0) is 30.6 Å². The molecule has 0 spiro atoms. The highest BCUT2D eigenvalue weighted by Gasteiger charge is 2.06. The average Bonchev–Trinajstić information content (AvgIpc) is 2.55. The van der Waals surface area contributed by atoms with Crippen LogP contribution in [0, 0.1) is 0 Å². The van der Waals surface area contributed by atoms with E-state index in [4.69, 9.17) is 0 Å². The van der Waals surface area contributed by atoms with Crippen LogP contribution in [0.25, 0.3) is 5.70 Å². The lowest BCUT2D eigenvalue weighted by Crippen LogP contribution is -2.11. The van der Waals surface area contributed by atoms with Gasteiger partial charge >= 0.3 is 0 Å². The summed E-state index contributed by atoms with van der Waals surface area (Å²) in [6.45, 7) is 15.9. The summed E-state index contributed by atoms with van der Waals surface area (Å²) in [5.41, 5.74) is 4.69. The molecule has 1 N–H and O–H groups in total. The van der Waals surface area contributed by atoms with Crippen LogP contribution in [0.15, 0.2) is 67.4 Å². The Bertz CT molecular complexity index is 492. The molecule has 114 valence electrons. The zero-order valence-corrected chi connectivity index (χ0v) is 13.9. The zero-order valence-electron chi connectivity index (χ0n) is 13.9. The standard InChI is InChI=1S/C18H23N.C2H6/c1-5-11-16(8-4)19-18(12-6-2)17-14-10-9-13-15(17)7-3;1-2/h5,8-14,19H,1,4,6-7H2,2-3H3;1-2H3/b16-11+,18-12+;. The van der Waals surface area contributed by atoms with E-state index in [0.29, 0.717) is 0 Å². The van der Waals surface area contributed by atoms with E-state index in [0.717, 1.165) is 24.2 Å². The maximum absolute atomic E-state index is 3.82. The fraction of sp³-hybridized carbons (Fsp3) is 0.300. The summed E-state index contributed by atoms with van der Waals surface area (Å²) in [6.07, 6.45) is 9.70. The lowest BCUT2D eigenvalue weighted by atomic mass is 10.0. The van der Waals surface area contributed by atoms with Crippen LogP contribution in [0.5, 0.6) is 0 Å². The first kappa shape index (κ1) is 19.0. The Morgan fingerprint density at radius 2 is 1.81 bits per heavy atom. The van der Waals surface area contributed by atoms with Gasteiger partial charge in [0.1, 0.15) is 0 Å². The highest BCUT2D eigenvalue weighted by molar-refractivity contribution is 5.68. The highest BCUT2D eigenvalue weighted by Crippen LogP contribution is 2.19. The fourth-order valence-electron chi connectivity index (χ4n) is 1.97. The fourth-order valence-corrected chi connectivity index (χ4v) is 1.97. The molecule has 0 saturated carbocycles. The summed E-state index contributed by atoms with van der Waals surface area (Å²) in [5.74, 6) is 0. The Balaban J connectivity index is 0.00000191. The Hall–Kier alpha value is -2.02. The molecule has 1 aromatic rings. The van der Waals surface area contributed by atoms with E-state index in [1.165, 1.54) is 11.1 Å². The van der Waals surface area contributed by atoms with Crippen molar-refractivity contribution in [1.29, 1.82) is 0 Å². The van der Waals surface area contributed by atoms with E-state index >= 15 is 0 Å².